The molecule has 0 atom stereocenters. The summed E-state index contributed by atoms with van der Waals surface area (Å²) < 4.78 is 0. The maximum atomic E-state index is 12.7. The second-order valence-electron chi connectivity index (χ2n) is 7.04. The quantitative estimate of drug-likeness (QED) is 0.536. The van der Waals surface area contributed by atoms with Gasteiger partial charge in [0.2, 0.25) is 5.91 Å². The molecule has 29 heavy (non-hydrogen) atoms. The second kappa shape index (κ2) is 8.87. The molecule has 3 aromatic rings. The average molecular weight is 430 g/mol. The van der Waals surface area contributed by atoms with Crippen LogP contribution in [-0.4, -0.2) is 46.3 Å². The molecule has 152 valence electrons. The number of nitrogens with zero attached hydrogens (tertiary/aromatic N) is 3. The van der Waals surface area contributed by atoms with E-state index in [-0.39, 0.29) is 11.8 Å². The fourth-order valence-electron chi connectivity index (χ4n) is 3.50. The molecule has 0 saturated carbocycles. The van der Waals surface area contributed by atoms with Crippen LogP contribution in [0.4, 0.5) is 5.82 Å². The van der Waals surface area contributed by atoms with Gasteiger partial charge >= 0.3 is 0 Å². The van der Waals surface area contributed by atoms with Gasteiger partial charge in [-0.1, -0.05) is 0 Å². The molecule has 0 spiro atoms. The summed E-state index contributed by atoms with van der Waals surface area (Å²) in [6.45, 7) is 4.80. The van der Waals surface area contributed by atoms with Crippen molar-refractivity contribution in [3.63, 3.8) is 0 Å². The van der Waals surface area contributed by atoms with Crippen LogP contribution in [-0.2, 0) is 11.3 Å². The maximum absolute atomic E-state index is 12.7. The fraction of sp³-hybridized carbons (Fsp3) is 0.400. The molecule has 0 radical (unpaired) electrons. The van der Waals surface area contributed by atoms with Gasteiger partial charge in [0, 0.05) is 32.6 Å². The summed E-state index contributed by atoms with van der Waals surface area (Å²) >= 11 is 3.01. The van der Waals surface area contributed by atoms with Gasteiger partial charge in [-0.3, -0.25) is 9.59 Å². The summed E-state index contributed by atoms with van der Waals surface area (Å²) in [7, 11) is 0. The van der Waals surface area contributed by atoms with Crippen LogP contribution in [0.15, 0.2) is 23.2 Å². The number of carbonyl (C=O) groups excluding carboxylic acids is 2. The number of hydrogen-bond donors (Lipinski definition) is 2. The molecular formula is C20H23N5O2S2. The van der Waals surface area contributed by atoms with E-state index in [1.807, 2.05) is 28.7 Å². The van der Waals surface area contributed by atoms with Crippen molar-refractivity contribution in [2.45, 2.75) is 32.7 Å². The minimum absolute atomic E-state index is 0.0878. The van der Waals surface area contributed by atoms with Gasteiger partial charge in [-0.25, -0.2) is 9.97 Å². The summed E-state index contributed by atoms with van der Waals surface area (Å²) in [6.07, 6.45) is 4.02. The lowest BCUT2D eigenvalue weighted by Gasteiger charge is -2.15. The second-order valence-corrected chi connectivity index (χ2v) is 8.82. The molecule has 1 aliphatic heterocycles. The fourth-order valence-corrected chi connectivity index (χ4v) is 5.23. The molecule has 9 heteroatoms. The molecule has 3 aromatic heterocycles. The summed E-state index contributed by atoms with van der Waals surface area (Å²) in [5.74, 6) is 0.907. The predicted molar refractivity (Wildman–Crippen MR) is 117 cm³/mol. The third kappa shape index (κ3) is 4.40. The third-order valence-electron chi connectivity index (χ3n) is 5.03. The highest BCUT2D eigenvalue weighted by Gasteiger charge is 2.20. The van der Waals surface area contributed by atoms with Crippen molar-refractivity contribution < 1.29 is 9.59 Å². The SMILES string of the molecule is Cc1c(C(=O)NCc2ccsc2)sc2ncnc(NCCCN3CCCC3=O)c12. The third-order valence-corrected chi connectivity index (χ3v) is 6.97. The number of likely N-dealkylation sites (tertiary alicyclic amines) is 1. The van der Waals surface area contributed by atoms with Gasteiger partial charge in [-0.05, 0) is 47.7 Å². The Morgan fingerprint density at radius 2 is 2.24 bits per heavy atom. The number of amides is 2. The molecule has 7 nitrogen and oxygen atoms in total. The highest BCUT2D eigenvalue weighted by atomic mass is 32.1. The van der Waals surface area contributed by atoms with Gasteiger partial charge in [0.1, 0.15) is 17.0 Å². The minimum Gasteiger partial charge on any atom is -0.369 e. The molecule has 4 rings (SSSR count). The van der Waals surface area contributed by atoms with Gasteiger partial charge < -0.3 is 15.5 Å². The number of nitrogens with one attached hydrogen (secondary N) is 2. The van der Waals surface area contributed by atoms with E-state index < -0.39 is 0 Å². The van der Waals surface area contributed by atoms with Crippen LogP contribution in [0.1, 0.15) is 40.1 Å². The Labute approximate surface area is 177 Å². The number of aromatic nitrogens is 2. The summed E-state index contributed by atoms with van der Waals surface area (Å²) in [5.41, 5.74) is 1.99. The van der Waals surface area contributed by atoms with E-state index in [9.17, 15) is 9.59 Å². The number of fused-ring (bicyclic) bond motifs is 1. The van der Waals surface area contributed by atoms with Crippen LogP contribution in [0.25, 0.3) is 10.2 Å². The maximum Gasteiger partial charge on any atom is 0.261 e. The van der Waals surface area contributed by atoms with Crippen molar-refractivity contribution >= 4 is 50.5 Å². The van der Waals surface area contributed by atoms with Crippen LogP contribution in [0, 0.1) is 6.92 Å². The zero-order valence-corrected chi connectivity index (χ0v) is 17.9. The number of anilines is 1. The minimum atomic E-state index is -0.0878. The van der Waals surface area contributed by atoms with Crippen molar-refractivity contribution in [1.29, 1.82) is 0 Å². The van der Waals surface area contributed by atoms with E-state index in [0.29, 0.717) is 24.4 Å². The van der Waals surface area contributed by atoms with Crippen molar-refractivity contribution in [3.8, 4) is 0 Å². The molecule has 0 aromatic carbocycles. The zero-order chi connectivity index (χ0) is 20.2. The molecule has 2 N–H and O–H groups in total. The number of hydrogen-bond acceptors (Lipinski definition) is 7. The predicted octanol–water partition coefficient (Wildman–Crippen LogP) is 3.42. The Hall–Kier alpha value is -2.52. The number of rotatable bonds is 8. The molecule has 1 fully saturated rings. The van der Waals surface area contributed by atoms with Gasteiger partial charge in [0.25, 0.3) is 5.91 Å². The molecule has 1 saturated heterocycles. The first-order valence-corrected chi connectivity index (χ1v) is 11.4. The van der Waals surface area contributed by atoms with E-state index in [4.69, 9.17) is 0 Å². The molecule has 0 bridgehead atoms. The smallest absolute Gasteiger partial charge is 0.261 e. The summed E-state index contributed by atoms with van der Waals surface area (Å²) in [5, 5.41) is 11.3. The van der Waals surface area contributed by atoms with E-state index >= 15 is 0 Å². The van der Waals surface area contributed by atoms with E-state index in [2.05, 4.69) is 20.6 Å². The number of carbonyl (C=O) groups is 2. The topological polar surface area (TPSA) is 87.2 Å². The normalized spacial score (nSPS) is 14.0. The van der Waals surface area contributed by atoms with E-state index in [0.717, 1.165) is 53.1 Å². The van der Waals surface area contributed by atoms with Gasteiger partial charge in [-0.15, -0.1) is 11.3 Å². The molecular weight excluding hydrogens is 406 g/mol. The number of thiophene rings is 2. The Morgan fingerprint density at radius 1 is 1.34 bits per heavy atom. The Morgan fingerprint density at radius 3 is 3.00 bits per heavy atom. The van der Waals surface area contributed by atoms with Crippen LogP contribution in [0.2, 0.25) is 0 Å². The van der Waals surface area contributed by atoms with Gasteiger partial charge in [-0.2, -0.15) is 11.3 Å². The largest absolute Gasteiger partial charge is 0.369 e. The van der Waals surface area contributed by atoms with Crippen molar-refractivity contribution in [2.24, 2.45) is 0 Å². The highest BCUT2D eigenvalue weighted by molar-refractivity contribution is 7.20. The van der Waals surface area contributed by atoms with Crippen LogP contribution < -0.4 is 10.6 Å². The molecule has 0 unspecified atom stereocenters. The number of aryl methyl sites for hydroxylation is 1. The van der Waals surface area contributed by atoms with E-state index in [1.165, 1.54) is 17.7 Å². The van der Waals surface area contributed by atoms with Crippen LogP contribution in [0.5, 0.6) is 0 Å². The Bertz CT molecular complexity index is 1020. The molecule has 0 aliphatic carbocycles. The molecule has 4 heterocycles. The Balaban J connectivity index is 1.42. The zero-order valence-electron chi connectivity index (χ0n) is 16.2. The first kappa shape index (κ1) is 19.8. The lowest BCUT2D eigenvalue weighted by atomic mass is 10.2. The van der Waals surface area contributed by atoms with Crippen molar-refractivity contribution in [1.82, 2.24) is 20.2 Å². The van der Waals surface area contributed by atoms with Gasteiger partial charge in [0.15, 0.2) is 0 Å². The first-order valence-electron chi connectivity index (χ1n) is 9.68. The van der Waals surface area contributed by atoms with Crippen LogP contribution in [0.3, 0.4) is 0 Å². The summed E-state index contributed by atoms with van der Waals surface area (Å²) in [6, 6.07) is 2.01. The lowest BCUT2D eigenvalue weighted by molar-refractivity contribution is -0.127. The highest BCUT2D eigenvalue weighted by Crippen LogP contribution is 2.33. The average Bonchev–Trinajstić information content (AvgIpc) is 3.45. The Kier molecular flexibility index (Phi) is 6.05. The monoisotopic (exact) mass is 429 g/mol. The lowest BCUT2D eigenvalue weighted by Crippen LogP contribution is -2.27. The van der Waals surface area contributed by atoms with Crippen molar-refractivity contribution in [2.75, 3.05) is 25.0 Å². The first-order chi connectivity index (χ1) is 14.1. The standard InChI is InChI=1S/C20H23N5O2S2/c1-13-16-18(21-6-3-8-25-7-2-4-15(25)26)23-12-24-20(16)29-17(13)19(27)22-10-14-5-9-28-11-14/h5,9,11-12H,2-4,6-8,10H2,1H3,(H,22,27)(H,21,23,24). The summed E-state index contributed by atoms with van der Waals surface area (Å²) in [4.78, 5) is 36.5. The van der Waals surface area contributed by atoms with E-state index in [1.54, 1.807) is 11.3 Å². The molecule has 1 aliphatic rings. The van der Waals surface area contributed by atoms with Gasteiger partial charge in [0.05, 0.1) is 10.3 Å². The van der Waals surface area contributed by atoms with Crippen LogP contribution >= 0.6 is 22.7 Å². The molecule has 2 amide bonds. The van der Waals surface area contributed by atoms with Crippen molar-refractivity contribution in [3.05, 3.63) is 39.2 Å².